The fourth-order valence-electron chi connectivity index (χ4n) is 3.01. The van der Waals surface area contributed by atoms with Gasteiger partial charge in [0.15, 0.2) is 0 Å². The van der Waals surface area contributed by atoms with Crippen molar-refractivity contribution in [2.75, 3.05) is 6.61 Å². The van der Waals surface area contributed by atoms with Crippen LogP contribution in [0.4, 0.5) is 0 Å². The Labute approximate surface area is 119 Å². The maximum atomic E-state index is 6.30. The molecule has 2 rings (SSSR count). The van der Waals surface area contributed by atoms with Crippen LogP contribution in [-0.4, -0.2) is 15.4 Å². The zero-order valence-corrected chi connectivity index (χ0v) is 13.6. The predicted octanol–water partition coefficient (Wildman–Crippen LogP) is 4.33. The average Bonchev–Trinajstić information content (AvgIpc) is 2.47. The van der Waals surface area contributed by atoms with Gasteiger partial charge in [0.25, 0.3) is 0 Å². The number of hydrogen-bond acceptors (Lipinski definition) is 1. The summed E-state index contributed by atoms with van der Waals surface area (Å²) in [4.78, 5) is 0. The molecule has 2 heteroatoms. The Balaban J connectivity index is 2.35. The fraction of sp³-hybridized carbons (Fsp3) is 0.529. The van der Waals surface area contributed by atoms with Gasteiger partial charge in [-0.05, 0) is 36.3 Å². The molecule has 1 nitrogen and oxygen atoms in total. The van der Waals surface area contributed by atoms with Gasteiger partial charge in [-0.1, -0.05) is 44.7 Å². The molecule has 104 valence electrons. The van der Waals surface area contributed by atoms with Crippen molar-refractivity contribution >= 4 is 8.80 Å². The standard InChI is InChI=1S/C17H26OSi/c1-5-19(4)17(12-6-7-13-18-17)16-10-8-15(9-11-16)14(2)3/h5,8-11,14,19H,1,6-7,12-13H2,2-4H3. The first-order valence-electron chi connectivity index (χ1n) is 7.47. The third kappa shape index (κ3) is 2.85. The Morgan fingerprint density at radius 3 is 2.42 bits per heavy atom. The van der Waals surface area contributed by atoms with Crippen molar-refractivity contribution in [3.63, 3.8) is 0 Å². The third-order valence-corrected chi connectivity index (χ3v) is 7.42. The minimum Gasteiger partial charge on any atom is -0.374 e. The first-order valence-corrected chi connectivity index (χ1v) is 9.87. The number of hydrogen-bond donors (Lipinski definition) is 0. The van der Waals surface area contributed by atoms with Crippen molar-refractivity contribution in [3.8, 4) is 0 Å². The van der Waals surface area contributed by atoms with Gasteiger partial charge in [-0.2, -0.15) is 0 Å². The maximum Gasteiger partial charge on any atom is 0.101 e. The van der Waals surface area contributed by atoms with Gasteiger partial charge in [0, 0.05) is 6.61 Å². The van der Waals surface area contributed by atoms with Crippen molar-refractivity contribution in [2.24, 2.45) is 0 Å². The molecular formula is C17H26OSi. The van der Waals surface area contributed by atoms with Crippen molar-refractivity contribution in [1.29, 1.82) is 0 Å². The topological polar surface area (TPSA) is 9.23 Å². The highest BCUT2D eigenvalue weighted by molar-refractivity contribution is 6.65. The maximum absolute atomic E-state index is 6.30. The molecule has 1 aliphatic heterocycles. The zero-order valence-electron chi connectivity index (χ0n) is 12.5. The van der Waals surface area contributed by atoms with E-state index in [4.69, 9.17) is 4.74 Å². The van der Waals surface area contributed by atoms with E-state index in [1.54, 1.807) is 0 Å². The molecule has 19 heavy (non-hydrogen) atoms. The van der Waals surface area contributed by atoms with Crippen molar-refractivity contribution in [1.82, 2.24) is 0 Å². The van der Waals surface area contributed by atoms with Gasteiger partial charge in [-0.15, -0.1) is 12.3 Å². The molecule has 1 heterocycles. The molecule has 1 aliphatic rings. The molecule has 2 atom stereocenters. The average molecular weight is 274 g/mol. The molecule has 0 N–H and O–H groups in total. The highest BCUT2D eigenvalue weighted by Crippen LogP contribution is 2.38. The van der Waals surface area contributed by atoms with E-state index in [1.807, 2.05) is 0 Å². The summed E-state index contributed by atoms with van der Waals surface area (Å²) in [7, 11) is -1.12. The number of benzene rings is 1. The Bertz CT molecular complexity index is 415. The summed E-state index contributed by atoms with van der Waals surface area (Å²) in [5.41, 5.74) is 4.94. The van der Waals surface area contributed by atoms with Crippen LogP contribution in [0.15, 0.2) is 36.5 Å². The molecule has 1 aromatic carbocycles. The van der Waals surface area contributed by atoms with E-state index < -0.39 is 8.80 Å². The van der Waals surface area contributed by atoms with Crippen LogP contribution in [0.3, 0.4) is 0 Å². The van der Waals surface area contributed by atoms with Crippen LogP contribution in [0, 0.1) is 0 Å². The Morgan fingerprint density at radius 2 is 1.95 bits per heavy atom. The molecule has 0 bridgehead atoms. The van der Waals surface area contributed by atoms with E-state index >= 15 is 0 Å². The van der Waals surface area contributed by atoms with Crippen LogP contribution in [0.5, 0.6) is 0 Å². The fourth-order valence-corrected chi connectivity index (χ4v) is 5.15. The molecular weight excluding hydrogens is 248 g/mol. The summed E-state index contributed by atoms with van der Waals surface area (Å²) in [6, 6.07) is 9.11. The third-order valence-electron chi connectivity index (χ3n) is 4.46. The number of ether oxygens (including phenoxy) is 1. The molecule has 1 fully saturated rings. The highest BCUT2D eigenvalue weighted by atomic mass is 28.3. The van der Waals surface area contributed by atoms with Crippen LogP contribution in [0.25, 0.3) is 0 Å². The van der Waals surface area contributed by atoms with Crippen LogP contribution in [0.1, 0.15) is 50.2 Å². The lowest BCUT2D eigenvalue weighted by molar-refractivity contribution is -0.0258. The van der Waals surface area contributed by atoms with E-state index in [2.05, 4.69) is 56.9 Å². The van der Waals surface area contributed by atoms with E-state index in [0.717, 1.165) is 13.0 Å². The summed E-state index contributed by atoms with van der Waals surface area (Å²) in [6.45, 7) is 11.8. The SMILES string of the molecule is C=C[SiH](C)C1(c2ccc(C(C)C)cc2)CCCCO1. The summed E-state index contributed by atoms with van der Waals surface area (Å²) in [5, 5.41) is -0.0183. The largest absolute Gasteiger partial charge is 0.374 e. The molecule has 0 spiro atoms. The van der Waals surface area contributed by atoms with Gasteiger partial charge in [-0.3, -0.25) is 0 Å². The molecule has 0 amide bonds. The molecule has 0 radical (unpaired) electrons. The van der Waals surface area contributed by atoms with Gasteiger partial charge in [-0.25, -0.2) is 0 Å². The van der Waals surface area contributed by atoms with Gasteiger partial charge >= 0.3 is 0 Å². The monoisotopic (exact) mass is 274 g/mol. The first kappa shape index (κ1) is 14.5. The second-order valence-corrected chi connectivity index (χ2v) is 8.98. The lowest BCUT2D eigenvalue weighted by atomic mass is 9.96. The van der Waals surface area contributed by atoms with Gasteiger partial charge in [0.1, 0.15) is 8.80 Å². The minimum atomic E-state index is -1.12. The van der Waals surface area contributed by atoms with E-state index in [9.17, 15) is 0 Å². The molecule has 0 saturated carbocycles. The number of rotatable bonds is 4. The Hall–Kier alpha value is -0.863. The summed E-state index contributed by atoms with van der Waals surface area (Å²) in [5.74, 6) is 0.589. The lowest BCUT2D eigenvalue weighted by Crippen LogP contribution is -2.45. The minimum absolute atomic E-state index is 0.0183. The van der Waals surface area contributed by atoms with Crippen LogP contribution in [0.2, 0.25) is 6.55 Å². The molecule has 0 aromatic heterocycles. The van der Waals surface area contributed by atoms with Crippen molar-refractivity contribution in [3.05, 3.63) is 47.7 Å². The zero-order chi connectivity index (χ0) is 13.9. The molecule has 1 saturated heterocycles. The Morgan fingerprint density at radius 1 is 1.26 bits per heavy atom. The van der Waals surface area contributed by atoms with Gasteiger partial charge < -0.3 is 4.74 Å². The van der Waals surface area contributed by atoms with Crippen LogP contribution < -0.4 is 0 Å². The predicted molar refractivity (Wildman–Crippen MR) is 85.2 cm³/mol. The molecule has 1 aromatic rings. The van der Waals surface area contributed by atoms with E-state index in [-0.39, 0.29) is 5.22 Å². The van der Waals surface area contributed by atoms with Crippen molar-refractivity contribution in [2.45, 2.75) is 50.8 Å². The Kier molecular flexibility index (Phi) is 4.64. The molecule has 0 aliphatic carbocycles. The second-order valence-electron chi connectivity index (χ2n) is 6.00. The lowest BCUT2D eigenvalue weighted by Gasteiger charge is -2.41. The van der Waals surface area contributed by atoms with Crippen LogP contribution >= 0.6 is 0 Å². The summed E-state index contributed by atoms with van der Waals surface area (Å²) >= 11 is 0. The second kappa shape index (κ2) is 6.06. The van der Waals surface area contributed by atoms with Crippen LogP contribution in [-0.2, 0) is 9.96 Å². The van der Waals surface area contributed by atoms with E-state index in [1.165, 1.54) is 24.0 Å². The smallest absolute Gasteiger partial charge is 0.101 e. The first-order chi connectivity index (χ1) is 9.10. The summed E-state index contributed by atoms with van der Waals surface area (Å²) < 4.78 is 6.30. The normalized spacial score (nSPS) is 25.3. The summed E-state index contributed by atoms with van der Waals surface area (Å²) in [6.07, 6.45) is 3.63. The molecule has 2 unspecified atom stereocenters. The highest BCUT2D eigenvalue weighted by Gasteiger charge is 2.39. The quantitative estimate of drug-likeness (QED) is 0.743. The van der Waals surface area contributed by atoms with E-state index in [0.29, 0.717) is 5.92 Å². The van der Waals surface area contributed by atoms with Crippen molar-refractivity contribution < 1.29 is 4.74 Å². The van der Waals surface area contributed by atoms with Gasteiger partial charge in [0.2, 0.25) is 0 Å². The van der Waals surface area contributed by atoms with Gasteiger partial charge in [0.05, 0.1) is 5.22 Å².